The molecule has 0 N–H and O–H groups in total. The molecule has 0 amide bonds. The van der Waals surface area contributed by atoms with E-state index in [0.29, 0.717) is 26.1 Å². The predicted octanol–water partition coefficient (Wildman–Crippen LogP) is 3.72. The number of hydrogen-bond acceptors (Lipinski definition) is 4. The fraction of sp³-hybridized carbons (Fsp3) is 0.909. The maximum atomic E-state index is 12.5. The van der Waals surface area contributed by atoms with Crippen molar-refractivity contribution in [3.63, 3.8) is 0 Å². The van der Waals surface area contributed by atoms with Gasteiger partial charge in [0.2, 0.25) is 0 Å². The van der Waals surface area contributed by atoms with Crippen LogP contribution in [-0.2, 0) is 13.6 Å². The molecule has 0 aliphatic heterocycles. The second-order valence-corrected chi connectivity index (χ2v) is 5.84. The van der Waals surface area contributed by atoms with Gasteiger partial charge in [-0.3, -0.25) is 4.57 Å². The van der Waals surface area contributed by atoms with Crippen molar-refractivity contribution < 1.29 is 13.6 Å². The minimum absolute atomic E-state index is 0.142. The Labute approximate surface area is 98.5 Å². The first-order valence-corrected chi connectivity index (χ1v) is 7.51. The SMILES string of the molecule is CCCC(CCC#N)P(=O)(OCC)OCC. The Morgan fingerprint density at radius 3 is 2.12 bits per heavy atom. The second-order valence-electron chi connectivity index (χ2n) is 3.51. The van der Waals surface area contributed by atoms with Crippen molar-refractivity contribution in [2.45, 2.75) is 52.1 Å². The van der Waals surface area contributed by atoms with Gasteiger partial charge >= 0.3 is 7.60 Å². The molecule has 0 heterocycles. The normalized spacial score (nSPS) is 13.4. The molecule has 0 saturated heterocycles. The summed E-state index contributed by atoms with van der Waals surface area (Å²) in [6.45, 7) is 6.40. The van der Waals surface area contributed by atoms with Gasteiger partial charge in [0.1, 0.15) is 0 Å². The fourth-order valence-corrected chi connectivity index (χ4v) is 3.87. The van der Waals surface area contributed by atoms with E-state index in [4.69, 9.17) is 14.3 Å². The summed E-state index contributed by atoms with van der Waals surface area (Å²) in [4.78, 5) is 0. The summed E-state index contributed by atoms with van der Waals surface area (Å²) in [7, 11) is -3.03. The van der Waals surface area contributed by atoms with Crippen LogP contribution < -0.4 is 0 Å². The minimum Gasteiger partial charge on any atom is -0.309 e. The van der Waals surface area contributed by atoms with E-state index in [0.717, 1.165) is 12.8 Å². The second kappa shape index (κ2) is 8.75. The van der Waals surface area contributed by atoms with Gasteiger partial charge < -0.3 is 9.05 Å². The van der Waals surface area contributed by atoms with Gasteiger partial charge in [-0.2, -0.15) is 5.26 Å². The van der Waals surface area contributed by atoms with Crippen molar-refractivity contribution in [3.8, 4) is 6.07 Å². The van der Waals surface area contributed by atoms with E-state index in [1.165, 1.54) is 0 Å². The molecule has 1 unspecified atom stereocenters. The Kier molecular flexibility index (Phi) is 8.56. The van der Waals surface area contributed by atoms with E-state index in [1.54, 1.807) is 13.8 Å². The highest BCUT2D eigenvalue weighted by atomic mass is 31.2. The largest absolute Gasteiger partial charge is 0.333 e. The summed E-state index contributed by atoms with van der Waals surface area (Å²) in [5, 5.41) is 8.59. The third-order valence-electron chi connectivity index (χ3n) is 2.28. The Bertz CT molecular complexity index is 252. The molecule has 0 spiro atoms. The highest BCUT2D eigenvalue weighted by Crippen LogP contribution is 2.55. The van der Waals surface area contributed by atoms with Crippen LogP contribution in [0.1, 0.15) is 46.5 Å². The third-order valence-corrected chi connectivity index (χ3v) is 4.92. The lowest BCUT2D eigenvalue weighted by atomic mass is 10.1. The van der Waals surface area contributed by atoms with Gasteiger partial charge in [-0.25, -0.2) is 0 Å². The van der Waals surface area contributed by atoms with Crippen molar-refractivity contribution in [3.05, 3.63) is 0 Å². The molecule has 5 heteroatoms. The van der Waals surface area contributed by atoms with Crippen LogP contribution in [0.2, 0.25) is 0 Å². The number of hydrogen-bond donors (Lipinski definition) is 0. The number of nitriles is 1. The number of rotatable bonds is 9. The molecule has 0 aromatic rings. The monoisotopic (exact) mass is 247 g/mol. The van der Waals surface area contributed by atoms with Crippen LogP contribution in [0.25, 0.3) is 0 Å². The molecule has 0 bridgehead atoms. The lowest BCUT2D eigenvalue weighted by molar-refractivity contribution is 0.209. The van der Waals surface area contributed by atoms with E-state index in [1.807, 2.05) is 6.92 Å². The molecule has 0 aromatic heterocycles. The average Bonchev–Trinajstić information content (AvgIpc) is 2.24. The Hall–Kier alpha value is -0.360. The lowest BCUT2D eigenvalue weighted by Gasteiger charge is -2.25. The fourth-order valence-electron chi connectivity index (χ4n) is 1.63. The highest BCUT2D eigenvalue weighted by Gasteiger charge is 2.34. The van der Waals surface area contributed by atoms with Gasteiger partial charge in [-0.05, 0) is 26.7 Å². The van der Waals surface area contributed by atoms with Crippen LogP contribution in [-0.4, -0.2) is 18.9 Å². The molecular formula is C11H22NO3P. The number of nitrogens with zero attached hydrogens (tertiary/aromatic N) is 1. The molecule has 94 valence electrons. The molecule has 16 heavy (non-hydrogen) atoms. The summed E-state index contributed by atoms with van der Waals surface area (Å²) in [5.41, 5.74) is -0.142. The third kappa shape index (κ3) is 5.12. The van der Waals surface area contributed by atoms with Gasteiger partial charge in [-0.15, -0.1) is 0 Å². The van der Waals surface area contributed by atoms with Gasteiger partial charge in [0.05, 0.1) is 24.9 Å². The van der Waals surface area contributed by atoms with Gasteiger partial charge in [0.25, 0.3) is 0 Å². The van der Waals surface area contributed by atoms with Gasteiger partial charge in [-0.1, -0.05) is 13.3 Å². The first kappa shape index (κ1) is 15.6. The lowest BCUT2D eigenvalue weighted by Crippen LogP contribution is -2.13. The molecule has 0 radical (unpaired) electrons. The molecule has 0 aliphatic carbocycles. The van der Waals surface area contributed by atoms with E-state index in [9.17, 15) is 4.57 Å². The summed E-state index contributed by atoms with van der Waals surface area (Å²) in [6, 6.07) is 2.08. The van der Waals surface area contributed by atoms with Crippen molar-refractivity contribution in [1.82, 2.24) is 0 Å². The van der Waals surface area contributed by atoms with E-state index >= 15 is 0 Å². The van der Waals surface area contributed by atoms with Crippen molar-refractivity contribution in [2.75, 3.05) is 13.2 Å². The van der Waals surface area contributed by atoms with Crippen LogP contribution in [0.15, 0.2) is 0 Å². The zero-order chi connectivity index (χ0) is 12.4. The van der Waals surface area contributed by atoms with Crippen LogP contribution in [0, 0.1) is 11.3 Å². The molecule has 1 atom stereocenters. The predicted molar refractivity (Wildman–Crippen MR) is 64.4 cm³/mol. The molecule has 0 aliphatic rings. The highest BCUT2D eigenvalue weighted by molar-refractivity contribution is 7.54. The van der Waals surface area contributed by atoms with Gasteiger partial charge in [0, 0.05) is 6.42 Å². The molecule has 0 aromatic carbocycles. The maximum Gasteiger partial charge on any atom is 0.333 e. The Morgan fingerprint density at radius 2 is 1.75 bits per heavy atom. The maximum absolute atomic E-state index is 12.5. The zero-order valence-corrected chi connectivity index (χ0v) is 11.3. The summed E-state index contributed by atoms with van der Waals surface area (Å²) in [6.07, 6.45) is 2.68. The standard InChI is InChI=1S/C11H22NO3P/c1-4-8-11(9-7-10-12)16(13,14-5-2)15-6-3/h11H,4-9H2,1-3H3. The Balaban J connectivity index is 4.64. The van der Waals surface area contributed by atoms with Crippen molar-refractivity contribution in [2.24, 2.45) is 0 Å². The van der Waals surface area contributed by atoms with Crippen LogP contribution in [0.3, 0.4) is 0 Å². The Morgan fingerprint density at radius 1 is 1.19 bits per heavy atom. The molecular weight excluding hydrogens is 225 g/mol. The summed E-state index contributed by atoms with van der Waals surface area (Å²) >= 11 is 0. The van der Waals surface area contributed by atoms with Gasteiger partial charge in [0.15, 0.2) is 0 Å². The molecule has 0 rings (SSSR count). The van der Waals surface area contributed by atoms with E-state index in [-0.39, 0.29) is 5.66 Å². The van der Waals surface area contributed by atoms with E-state index < -0.39 is 7.60 Å². The van der Waals surface area contributed by atoms with Crippen molar-refractivity contribution in [1.29, 1.82) is 5.26 Å². The topological polar surface area (TPSA) is 59.3 Å². The van der Waals surface area contributed by atoms with E-state index in [2.05, 4.69) is 6.07 Å². The first-order chi connectivity index (χ1) is 7.64. The molecule has 0 saturated carbocycles. The summed E-state index contributed by atoms with van der Waals surface area (Å²) < 4.78 is 23.1. The quantitative estimate of drug-likeness (QED) is 0.582. The van der Waals surface area contributed by atoms with Crippen LogP contribution in [0.5, 0.6) is 0 Å². The molecule has 4 nitrogen and oxygen atoms in total. The molecule has 0 fully saturated rings. The van der Waals surface area contributed by atoms with Crippen LogP contribution in [0.4, 0.5) is 0 Å². The smallest absolute Gasteiger partial charge is 0.309 e. The van der Waals surface area contributed by atoms with Crippen LogP contribution >= 0.6 is 7.60 Å². The summed E-state index contributed by atoms with van der Waals surface area (Å²) in [5.74, 6) is 0. The van der Waals surface area contributed by atoms with Crippen molar-refractivity contribution >= 4 is 7.60 Å². The minimum atomic E-state index is -3.03. The average molecular weight is 247 g/mol. The zero-order valence-electron chi connectivity index (χ0n) is 10.4. The first-order valence-electron chi connectivity index (χ1n) is 5.90.